The van der Waals surface area contributed by atoms with Crippen LogP contribution in [0, 0.1) is 5.92 Å². The first-order valence-corrected chi connectivity index (χ1v) is 7.28. The molecule has 1 saturated heterocycles. The number of nitrogens with one attached hydrogen (secondary N) is 1. The summed E-state index contributed by atoms with van der Waals surface area (Å²) < 4.78 is 5.50. The third kappa shape index (κ3) is 3.69. The summed E-state index contributed by atoms with van der Waals surface area (Å²) in [5, 5.41) is 12.4. The van der Waals surface area contributed by atoms with Crippen LogP contribution in [0.1, 0.15) is 51.9 Å². The summed E-state index contributed by atoms with van der Waals surface area (Å²) in [4.78, 5) is 10.8. The molecule has 18 heavy (non-hydrogen) atoms. The Balaban J connectivity index is 1.67. The maximum absolute atomic E-state index is 10.8. The van der Waals surface area contributed by atoms with Gasteiger partial charge in [-0.2, -0.15) is 0 Å². The fourth-order valence-corrected chi connectivity index (χ4v) is 3.16. The lowest BCUT2D eigenvalue weighted by molar-refractivity contribution is -0.149. The van der Waals surface area contributed by atoms with Crippen LogP contribution in [0.3, 0.4) is 0 Å². The lowest BCUT2D eigenvalue weighted by Gasteiger charge is -2.29. The predicted molar refractivity (Wildman–Crippen MR) is 69.6 cm³/mol. The third-order valence-electron chi connectivity index (χ3n) is 4.41. The Hall–Kier alpha value is -0.610. The fourth-order valence-electron chi connectivity index (χ4n) is 3.16. The SMILES string of the molecule is C[C@H](NCC1CCC(C(=O)O)O1)C1CCCCC1. The predicted octanol–water partition coefficient (Wildman–Crippen LogP) is 2.18. The molecule has 2 N–H and O–H groups in total. The number of carboxylic acid groups (broad SMARTS) is 1. The normalized spacial score (nSPS) is 31.4. The van der Waals surface area contributed by atoms with Crippen LogP contribution in [-0.2, 0) is 9.53 Å². The van der Waals surface area contributed by atoms with Gasteiger partial charge in [-0.25, -0.2) is 4.79 Å². The smallest absolute Gasteiger partial charge is 0.332 e. The molecule has 4 heteroatoms. The van der Waals surface area contributed by atoms with Crippen molar-refractivity contribution in [3.8, 4) is 0 Å². The van der Waals surface area contributed by atoms with E-state index in [1.807, 2.05) is 0 Å². The van der Waals surface area contributed by atoms with Crippen molar-refractivity contribution in [2.24, 2.45) is 5.92 Å². The standard InChI is InChI=1S/C14H25NO3/c1-10(11-5-3-2-4-6-11)15-9-12-7-8-13(18-12)14(16)17/h10-13,15H,2-9H2,1H3,(H,16,17)/t10-,12?,13?/m0/s1. The average molecular weight is 255 g/mol. The molecule has 1 saturated carbocycles. The summed E-state index contributed by atoms with van der Waals surface area (Å²) in [6.07, 6.45) is 7.78. The van der Waals surface area contributed by atoms with Gasteiger partial charge in [0, 0.05) is 12.6 Å². The molecule has 3 atom stereocenters. The highest BCUT2D eigenvalue weighted by atomic mass is 16.5. The Bertz CT molecular complexity index is 276. The molecule has 4 nitrogen and oxygen atoms in total. The number of aliphatic carboxylic acids is 1. The Morgan fingerprint density at radius 1 is 1.28 bits per heavy atom. The number of hydrogen-bond donors (Lipinski definition) is 2. The zero-order valence-electron chi connectivity index (χ0n) is 11.2. The Morgan fingerprint density at radius 2 is 2.00 bits per heavy atom. The average Bonchev–Trinajstić information content (AvgIpc) is 2.86. The van der Waals surface area contributed by atoms with E-state index < -0.39 is 12.1 Å². The van der Waals surface area contributed by atoms with Crippen LogP contribution in [0.2, 0.25) is 0 Å². The lowest BCUT2D eigenvalue weighted by Crippen LogP contribution is -2.39. The number of carboxylic acids is 1. The van der Waals surface area contributed by atoms with Gasteiger partial charge in [0.1, 0.15) is 0 Å². The molecule has 0 aromatic heterocycles. The first-order chi connectivity index (χ1) is 8.66. The molecule has 0 amide bonds. The molecule has 2 unspecified atom stereocenters. The van der Waals surface area contributed by atoms with E-state index in [2.05, 4.69) is 12.2 Å². The maximum Gasteiger partial charge on any atom is 0.332 e. The van der Waals surface area contributed by atoms with Crippen LogP contribution in [0.4, 0.5) is 0 Å². The molecule has 1 aliphatic heterocycles. The van der Waals surface area contributed by atoms with Gasteiger partial charge in [0.15, 0.2) is 6.10 Å². The van der Waals surface area contributed by atoms with Crippen LogP contribution in [0.5, 0.6) is 0 Å². The number of carbonyl (C=O) groups is 1. The quantitative estimate of drug-likeness (QED) is 0.790. The molecule has 0 aromatic rings. The minimum atomic E-state index is -0.821. The summed E-state index contributed by atoms with van der Waals surface area (Å²) in [7, 11) is 0. The van der Waals surface area contributed by atoms with E-state index in [0.717, 1.165) is 18.9 Å². The van der Waals surface area contributed by atoms with Gasteiger partial charge in [0.2, 0.25) is 0 Å². The van der Waals surface area contributed by atoms with Crippen molar-refractivity contribution in [3.63, 3.8) is 0 Å². The second-order valence-corrected chi connectivity index (χ2v) is 5.76. The summed E-state index contributed by atoms with van der Waals surface area (Å²) in [6.45, 7) is 3.04. The first kappa shape index (κ1) is 13.8. The van der Waals surface area contributed by atoms with Crippen molar-refractivity contribution >= 4 is 5.97 Å². The summed E-state index contributed by atoms with van der Waals surface area (Å²) >= 11 is 0. The molecule has 2 aliphatic rings. The Morgan fingerprint density at radius 3 is 2.61 bits per heavy atom. The molecule has 1 aliphatic carbocycles. The first-order valence-electron chi connectivity index (χ1n) is 7.28. The third-order valence-corrected chi connectivity index (χ3v) is 4.41. The van der Waals surface area contributed by atoms with E-state index in [1.165, 1.54) is 32.1 Å². The van der Waals surface area contributed by atoms with Gasteiger partial charge in [0.25, 0.3) is 0 Å². The van der Waals surface area contributed by atoms with E-state index in [1.54, 1.807) is 0 Å². The fraction of sp³-hybridized carbons (Fsp3) is 0.929. The van der Waals surface area contributed by atoms with Gasteiger partial charge in [0.05, 0.1) is 6.10 Å². The van der Waals surface area contributed by atoms with Crippen molar-refractivity contribution in [2.75, 3.05) is 6.54 Å². The molecule has 0 aromatic carbocycles. The second kappa shape index (κ2) is 6.53. The van der Waals surface area contributed by atoms with Gasteiger partial charge in [-0.05, 0) is 38.5 Å². The number of hydrogen-bond acceptors (Lipinski definition) is 3. The molecule has 1 heterocycles. The Kier molecular flexibility index (Phi) is 5.01. The minimum Gasteiger partial charge on any atom is -0.479 e. The zero-order chi connectivity index (χ0) is 13.0. The highest BCUT2D eigenvalue weighted by Gasteiger charge is 2.30. The zero-order valence-corrected chi connectivity index (χ0v) is 11.2. The Labute approximate surface area is 109 Å². The highest BCUT2D eigenvalue weighted by Crippen LogP contribution is 2.26. The van der Waals surface area contributed by atoms with Gasteiger partial charge in [-0.15, -0.1) is 0 Å². The van der Waals surface area contributed by atoms with Crippen molar-refractivity contribution in [1.82, 2.24) is 5.32 Å². The van der Waals surface area contributed by atoms with Crippen LogP contribution < -0.4 is 5.32 Å². The van der Waals surface area contributed by atoms with E-state index in [4.69, 9.17) is 9.84 Å². The summed E-state index contributed by atoms with van der Waals surface area (Å²) in [5.74, 6) is -0.0340. The molecule has 104 valence electrons. The minimum absolute atomic E-state index is 0.0807. The van der Waals surface area contributed by atoms with Crippen molar-refractivity contribution in [2.45, 2.75) is 70.1 Å². The molecular formula is C14H25NO3. The monoisotopic (exact) mass is 255 g/mol. The topological polar surface area (TPSA) is 58.6 Å². The summed E-state index contributed by atoms with van der Waals surface area (Å²) in [5.41, 5.74) is 0. The van der Waals surface area contributed by atoms with Crippen LogP contribution >= 0.6 is 0 Å². The van der Waals surface area contributed by atoms with Gasteiger partial charge in [-0.3, -0.25) is 0 Å². The van der Waals surface area contributed by atoms with Crippen LogP contribution in [0.25, 0.3) is 0 Å². The van der Waals surface area contributed by atoms with Crippen molar-refractivity contribution in [3.05, 3.63) is 0 Å². The second-order valence-electron chi connectivity index (χ2n) is 5.76. The highest BCUT2D eigenvalue weighted by molar-refractivity contribution is 5.72. The van der Waals surface area contributed by atoms with E-state index in [-0.39, 0.29) is 6.10 Å². The molecule has 0 bridgehead atoms. The van der Waals surface area contributed by atoms with Crippen LogP contribution in [-0.4, -0.2) is 35.9 Å². The largest absolute Gasteiger partial charge is 0.479 e. The van der Waals surface area contributed by atoms with E-state index in [0.29, 0.717) is 12.5 Å². The van der Waals surface area contributed by atoms with Gasteiger partial charge < -0.3 is 15.2 Å². The number of ether oxygens (including phenoxy) is 1. The molecule has 2 fully saturated rings. The molecule has 2 rings (SSSR count). The lowest BCUT2D eigenvalue weighted by atomic mass is 9.84. The maximum atomic E-state index is 10.8. The molecular weight excluding hydrogens is 230 g/mol. The van der Waals surface area contributed by atoms with Crippen LogP contribution in [0.15, 0.2) is 0 Å². The van der Waals surface area contributed by atoms with E-state index >= 15 is 0 Å². The van der Waals surface area contributed by atoms with Crippen molar-refractivity contribution < 1.29 is 14.6 Å². The van der Waals surface area contributed by atoms with Gasteiger partial charge >= 0.3 is 5.97 Å². The molecule has 0 radical (unpaired) electrons. The van der Waals surface area contributed by atoms with E-state index in [9.17, 15) is 4.79 Å². The van der Waals surface area contributed by atoms with Gasteiger partial charge in [-0.1, -0.05) is 19.3 Å². The number of rotatable bonds is 5. The van der Waals surface area contributed by atoms with Crippen molar-refractivity contribution in [1.29, 1.82) is 0 Å². The summed E-state index contributed by atoms with van der Waals surface area (Å²) in [6, 6.07) is 0.526. The molecule has 0 spiro atoms.